The Kier molecular flexibility index (Phi) is 6.27. The third-order valence-electron chi connectivity index (χ3n) is 5.20. The van der Waals surface area contributed by atoms with Crippen LogP contribution in [-0.2, 0) is 0 Å². The number of anilines is 1. The lowest BCUT2D eigenvalue weighted by Crippen LogP contribution is -2.41. The van der Waals surface area contributed by atoms with Crippen molar-refractivity contribution in [2.45, 2.75) is 18.8 Å². The molecular formula is C22H23ClN4O4. The predicted octanol–water partition coefficient (Wildman–Crippen LogP) is 4.82. The van der Waals surface area contributed by atoms with Gasteiger partial charge in [-0.25, -0.2) is 4.79 Å². The van der Waals surface area contributed by atoms with Crippen LogP contribution in [-0.4, -0.2) is 48.4 Å². The lowest BCUT2D eigenvalue weighted by molar-refractivity contribution is 0.184. The van der Waals surface area contributed by atoms with Crippen molar-refractivity contribution >= 4 is 23.3 Å². The number of aromatic nitrogens is 2. The number of urea groups is 1. The molecule has 3 aromatic rings. The molecule has 2 amide bonds. The first kappa shape index (κ1) is 21.0. The molecule has 1 aromatic heterocycles. The molecule has 0 aliphatic carbocycles. The Morgan fingerprint density at radius 1 is 1.16 bits per heavy atom. The van der Waals surface area contributed by atoms with Crippen molar-refractivity contribution in [2.75, 3.05) is 32.6 Å². The summed E-state index contributed by atoms with van der Waals surface area (Å²) in [5, 5.41) is 7.66. The monoisotopic (exact) mass is 442 g/mol. The average molecular weight is 443 g/mol. The zero-order valence-corrected chi connectivity index (χ0v) is 18.1. The van der Waals surface area contributed by atoms with E-state index in [1.54, 1.807) is 49.5 Å². The minimum Gasteiger partial charge on any atom is -0.497 e. The van der Waals surface area contributed by atoms with Gasteiger partial charge in [0.25, 0.3) is 0 Å². The molecule has 0 spiro atoms. The maximum Gasteiger partial charge on any atom is 0.321 e. The lowest BCUT2D eigenvalue weighted by atomic mass is 9.98. The van der Waals surface area contributed by atoms with Crippen molar-refractivity contribution in [1.82, 2.24) is 15.0 Å². The number of nitrogens with one attached hydrogen (secondary N) is 1. The number of benzene rings is 2. The standard InChI is InChI=1S/C22H23ClN4O4/c1-29-18-10-17(11-19(12-18)30-2)24-22(28)27-9-3-4-15(13-27)21-25-20(26-31-21)14-5-7-16(23)8-6-14/h5-8,10-12,15H,3-4,9,13H2,1-2H3,(H,24,28). The Hall–Kier alpha value is -3.26. The molecule has 0 saturated carbocycles. The molecule has 1 fully saturated rings. The van der Waals surface area contributed by atoms with E-state index in [9.17, 15) is 4.79 Å². The number of rotatable bonds is 5. The highest BCUT2D eigenvalue weighted by Crippen LogP contribution is 2.29. The summed E-state index contributed by atoms with van der Waals surface area (Å²) >= 11 is 5.94. The Bertz CT molecular complexity index is 1030. The van der Waals surface area contributed by atoms with E-state index in [0.29, 0.717) is 47.0 Å². The molecule has 1 saturated heterocycles. The number of piperidine rings is 1. The Labute approximate surface area is 185 Å². The average Bonchev–Trinajstić information content (AvgIpc) is 3.29. The summed E-state index contributed by atoms with van der Waals surface area (Å²) < 4.78 is 16.0. The maximum absolute atomic E-state index is 12.9. The number of ether oxygens (including phenoxy) is 2. The zero-order valence-electron chi connectivity index (χ0n) is 17.3. The lowest BCUT2D eigenvalue weighted by Gasteiger charge is -2.31. The van der Waals surface area contributed by atoms with Crippen LogP contribution in [0.4, 0.5) is 10.5 Å². The molecule has 1 atom stereocenters. The van der Waals surface area contributed by atoms with Gasteiger partial charge in [0.1, 0.15) is 11.5 Å². The van der Waals surface area contributed by atoms with Gasteiger partial charge in [0, 0.05) is 47.6 Å². The van der Waals surface area contributed by atoms with Crippen LogP contribution >= 0.6 is 11.6 Å². The van der Waals surface area contributed by atoms with Gasteiger partial charge in [0.15, 0.2) is 0 Å². The van der Waals surface area contributed by atoms with E-state index in [4.69, 9.17) is 25.6 Å². The minimum absolute atomic E-state index is 0.0205. The summed E-state index contributed by atoms with van der Waals surface area (Å²) in [5.74, 6) is 2.23. The number of halogens is 1. The molecule has 8 nitrogen and oxygen atoms in total. The number of carbonyl (C=O) groups excluding carboxylic acids is 1. The molecule has 2 heterocycles. The second kappa shape index (κ2) is 9.26. The summed E-state index contributed by atoms with van der Waals surface area (Å²) in [6.45, 7) is 1.15. The number of hydrogen-bond acceptors (Lipinski definition) is 6. The van der Waals surface area contributed by atoms with Crippen LogP contribution in [0.1, 0.15) is 24.7 Å². The number of nitrogens with zero attached hydrogens (tertiary/aromatic N) is 3. The van der Waals surface area contributed by atoms with Crippen molar-refractivity contribution in [3.8, 4) is 22.9 Å². The molecule has 1 N–H and O–H groups in total. The number of carbonyl (C=O) groups is 1. The fraction of sp³-hybridized carbons (Fsp3) is 0.318. The highest BCUT2D eigenvalue weighted by atomic mass is 35.5. The van der Waals surface area contributed by atoms with E-state index in [0.717, 1.165) is 18.4 Å². The SMILES string of the molecule is COc1cc(NC(=O)N2CCCC(c3nc(-c4ccc(Cl)cc4)no3)C2)cc(OC)c1. The van der Waals surface area contributed by atoms with Gasteiger partial charge >= 0.3 is 6.03 Å². The van der Waals surface area contributed by atoms with Crippen molar-refractivity contribution in [3.63, 3.8) is 0 Å². The van der Waals surface area contributed by atoms with E-state index < -0.39 is 0 Å². The fourth-order valence-corrected chi connectivity index (χ4v) is 3.69. The number of hydrogen-bond donors (Lipinski definition) is 1. The maximum atomic E-state index is 12.9. The van der Waals surface area contributed by atoms with Gasteiger partial charge in [-0.05, 0) is 37.1 Å². The van der Waals surface area contributed by atoms with Crippen molar-refractivity contribution in [3.05, 3.63) is 53.4 Å². The zero-order chi connectivity index (χ0) is 21.8. The van der Waals surface area contributed by atoms with Crippen LogP contribution in [0.3, 0.4) is 0 Å². The predicted molar refractivity (Wildman–Crippen MR) is 117 cm³/mol. The Morgan fingerprint density at radius 3 is 2.55 bits per heavy atom. The fourth-order valence-electron chi connectivity index (χ4n) is 3.56. The Morgan fingerprint density at radius 2 is 1.87 bits per heavy atom. The van der Waals surface area contributed by atoms with E-state index in [2.05, 4.69) is 15.5 Å². The minimum atomic E-state index is -0.197. The molecular weight excluding hydrogens is 420 g/mol. The quantitative estimate of drug-likeness (QED) is 0.609. The van der Waals surface area contributed by atoms with Gasteiger partial charge in [0.2, 0.25) is 11.7 Å². The first-order valence-electron chi connectivity index (χ1n) is 9.94. The first-order valence-corrected chi connectivity index (χ1v) is 10.3. The van der Waals surface area contributed by atoms with Gasteiger partial charge in [-0.3, -0.25) is 0 Å². The third-order valence-corrected chi connectivity index (χ3v) is 5.46. The second-order valence-corrected chi connectivity index (χ2v) is 7.72. The van der Waals surface area contributed by atoms with E-state index in [1.807, 2.05) is 12.1 Å². The molecule has 1 unspecified atom stereocenters. The van der Waals surface area contributed by atoms with Crippen molar-refractivity contribution in [2.24, 2.45) is 0 Å². The summed E-state index contributed by atoms with van der Waals surface area (Å²) in [4.78, 5) is 19.2. The summed E-state index contributed by atoms with van der Waals surface area (Å²) in [5.41, 5.74) is 1.43. The normalized spacial score (nSPS) is 16.1. The second-order valence-electron chi connectivity index (χ2n) is 7.28. The van der Waals surface area contributed by atoms with Crippen LogP contribution in [0.15, 0.2) is 47.0 Å². The number of methoxy groups -OCH3 is 2. The first-order chi connectivity index (χ1) is 15.1. The highest BCUT2D eigenvalue weighted by Gasteiger charge is 2.29. The smallest absolute Gasteiger partial charge is 0.321 e. The van der Waals surface area contributed by atoms with Crippen LogP contribution < -0.4 is 14.8 Å². The molecule has 2 aromatic carbocycles. The topological polar surface area (TPSA) is 89.7 Å². The molecule has 0 bridgehead atoms. The summed E-state index contributed by atoms with van der Waals surface area (Å²) in [7, 11) is 3.14. The summed E-state index contributed by atoms with van der Waals surface area (Å²) in [6.07, 6.45) is 1.72. The van der Waals surface area contributed by atoms with Crippen LogP contribution in [0.2, 0.25) is 5.02 Å². The van der Waals surface area contributed by atoms with Crippen molar-refractivity contribution < 1.29 is 18.8 Å². The van der Waals surface area contributed by atoms with Gasteiger partial charge in [-0.2, -0.15) is 4.98 Å². The number of likely N-dealkylation sites (tertiary alicyclic amines) is 1. The van der Waals surface area contributed by atoms with E-state index >= 15 is 0 Å². The molecule has 0 radical (unpaired) electrons. The molecule has 9 heteroatoms. The van der Waals surface area contributed by atoms with Crippen LogP contribution in [0.25, 0.3) is 11.4 Å². The molecule has 1 aliphatic rings. The molecule has 4 rings (SSSR count). The van der Waals surface area contributed by atoms with Gasteiger partial charge in [-0.15, -0.1) is 0 Å². The third kappa shape index (κ3) is 4.91. The van der Waals surface area contributed by atoms with Crippen molar-refractivity contribution in [1.29, 1.82) is 0 Å². The van der Waals surface area contributed by atoms with Crippen LogP contribution in [0, 0.1) is 0 Å². The van der Waals surface area contributed by atoms with E-state index in [-0.39, 0.29) is 11.9 Å². The number of amides is 2. The van der Waals surface area contributed by atoms with Gasteiger partial charge in [0.05, 0.1) is 20.1 Å². The molecule has 31 heavy (non-hydrogen) atoms. The van der Waals surface area contributed by atoms with Crippen LogP contribution in [0.5, 0.6) is 11.5 Å². The van der Waals surface area contributed by atoms with Gasteiger partial charge in [-0.1, -0.05) is 16.8 Å². The molecule has 1 aliphatic heterocycles. The van der Waals surface area contributed by atoms with E-state index in [1.165, 1.54) is 0 Å². The van der Waals surface area contributed by atoms with Gasteiger partial charge < -0.3 is 24.2 Å². The summed E-state index contributed by atoms with van der Waals surface area (Å²) in [6, 6.07) is 12.3. The largest absolute Gasteiger partial charge is 0.497 e. The highest BCUT2D eigenvalue weighted by molar-refractivity contribution is 6.30. The Balaban J connectivity index is 1.44. The molecule has 162 valence electrons.